The van der Waals surface area contributed by atoms with E-state index in [2.05, 4.69) is 39.7 Å². The van der Waals surface area contributed by atoms with Gasteiger partial charge in [0.25, 0.3) is 0 Å². The van der Waals surface area contributed by atoms with Crippen LogP contribution in [0.5, 0.6) is 5.75 Å². The molecule has 0 spiro atoms. The molecule has 0 aliphatic rings. The van der Waals surface area contributed by atoms with E-state index in [0.717, 1.165) is 11.8 Å². The summed E-state index contributed by atoms with van der Waals surface area (Å²) < 4.78 is 0. The van der Waals surface area contributed by atoms with E-state index in [9.17, 15) is 5.11 Å². The van der Waals surface area contributed by atoms with Gasteiger partial charge in [-0.25, -0.2) is 0 Å². The molecule has 0 heterocycles. The summed E-state index contributed by atoms with van der Waals surface area (Å²) in [6, 6.07) is 13.8. The molecule has 2 aromatic rings. The molecule has 1 atom stereocenters. The zero-order valence-corrected chi connectivity index (χ0v) is 14.8. The summed E-state index contributed by atoms with van der Waals surface area (Å²) in [5.41, 5.74) is 2.51. The number of hydrogen-bond donors (Lipinski definition) is 1. The van der Waals surface area contributed by atoms with E-state index in [1.807, 2.05) is 25.2 Å². The van der Waals surface area contributed by atoms with Crippen molar-refractivity contribution in [1.29, 1.82) is 0 Å². The number of para-hydroxylation sites is 1. The molecule has 0 aliphatic heterocycles. The van der Waals surface area contributed by atoms with Gasteiger partial charge in [-0.15, -0.1) is 6.54 Å². The quantitative estimate of drug-likeness (QED) is 0.670. The Morgan fingerprint density at radius 3 is 2.50 bits per heavy atom. The van der Waals surface area contributed by atoms with Crippen molar-refractivity contribution in [3.8, 4) is 5.75 Å². The number of hydrogen-bond acceptors (Lipinski definition) is 1. The Bertz CT molecular complexity index is 551. The van der Waals surface area contributed by atoms with E-state index >= 15 is 0 Å². The third-order valence-electron chi connectivity index (χ3n) is 2.85. The van der Waals surface area contributed by atoms with Gasteiger partial charge < -0.3 is 10.4 Å². The number of nitrogens with zero attached hydrogens (tertiary/aromatic N) is 1. The molecule has 1 unspecified atom stereocenters. The van der Waals surface area contributed by atoms with Crippen LogP contribution in [0.1, 0.15) is 11.1 Å². The van der Waals surface area contributed by atoms with Crippen LogP contribution in [-0.2, 0) is 25.9 Å². The third kappa shape index (κ3) is 4.88. The monoisotopic (exact) mass is 341 g/mol. The van der Waals surface area contributed by atoms with Crippen molar-refractivity contribution in [2.24, 2.45) is 0 Å². The zero-order valence-electron chi connectivity index (χ0n) is 11.5. The number of phenolic OH excluding ortho intramolecular Hbond substituents is 1. The molecule has 0 aromatic heterocycles. The van der Waals surface area contributed by atoms with Crippen molar-refractivity contribution >= 4 is 28.5 Å². The van der Waals surface area contributed by atoms with Crippen molar-refractivity contribution in [3.05, 3.63) is 58.9 Å². The molecule has 0 fully saturated rings. The molecule has 0 amide bonds. The van der Waals surface area contributed by atoms with Gasteiger partial charge in [-0.3, -0.25) is 0 Å². The van der Waals surface area contributed by atoms with Crippen LogP contribution in [-0.4, -0.2) is 12.2 Å². The molecule has 0 bridgehead atoms. The molecule has 2 nitrogen and oxygen atoms in total. The van der Waals surface area contributed by atoms with E-state index in [1.54, 1.807) is 6.07 Å². The summed E-state index contributed by atoms with van der Waals surface area (Å²) in [6.07, 6.45) is 0. The molecule has 0 saturated heterocycles. The van der Waals surface area contributed by atoms with Crippen LogP contribution in [0.25, 0.3) is 5.32 Å². The molecule has 0 aliphatic carbocycles. The van der Waals surface area contributed by atoms with Crippen molar-refractivity contribution < 1.29 is 24.5 Å². The minimum atomic E-state index is 0.374. The fourth-order valence-corrected chi connectivity index (χ4v) is 3.19. The van der Waals surface area contributed by atoms with Gasteiger partial charge in [0.1, 0.15) is 5.75 Å². The van der Waals surface area contributed by atoms with E-state index in [-0.39, 0.29) is 0 Å². The first-order valence-electron chi connectivity index (χ1n) is 6.10. The van der Waals surface area contributed by atoms with Crippen LogP contribution in [0.3, 0.4) is 0 Å². The van der Waals surface area contributed by atoms with Crippen LogP contribution in [0.15, 0.2) is 42.5 Å². The van der Waals surface area contributed by atoms with E-state index in [0.29, 0.717) is 14.3 Å². The second-order valence-corrected chi connectivity index (χ2v) is 5.51. The Morgan fingerprint density at radius 2 is 1.85 bits per heavy atom. The normalized spacial score (nSPS) is 10.3. The van der Waals surface area contributed by atoms with Gasteiger partial charge in [-0.05, 0) is 23.9 Å². The molecular weight excluding hydrogens is 324 g/mol. The van der Waals surface area contributed by atoms with E-state index in [4.69, 9.17) is 0 Å². The first-order valence-corrected chi connectivity index (χ1v) is 9.25. The molecule has 5 heteroatoms. The van der Waals surface area contributed by atoms with Crippen molar-refractivity contribution in [2.45, 2.75) is 13.5 Å². The summed E-state index contributed by atoms with van der Waals surface area (Å²) in [6.45, 7) is 2.85. The van der Waals surface area contributed by atoms with Gasteiger partial charge in [0.15, 0.2) is 0 Å². The van der Waals surface area contributed by atoms with Crippen molar-refractivity contribution in [1.82, 2.24) is 0 Å². The summed E-state index contributed by atoms with van der Waals surface area (Å²) in [5.74, 6) is 0.374. The van der Waals surface area contributed by atoms with Crippen molar-refractivity contribution in [2.75, 3.05) is 7.05 Å². The number of halogens is 1. The predicted molar refractivity (Wildman–Crippen MR) is 85.7 cm³/mol. The van der Waals surface area contributed by atoms with Crippen molar-refractivity contribution in [3.63, 3.8) is 0 Å². The molecule has 1 N–H and O–H groups in total. The summed E-state index contributed by atoms with van der Waals surface area (Å²) in [4.78, 5) is 0. The maximum atomic E-state index is 9.87. The third-order valence-corrected chi connectivity index (χ3v) is 4.51. The Hall–Kier alpha value is -0.366. The summed E-state index contributed by atoms with van der Waals surface area (Å²) >= 11 is 1.47. The first kappa shape index (κ1) is 17.7. The van der Waals surface area contributed by atoms with Gasteiger partial charge in [-0.1, -0.05) is 50.5 Å². The van der Waals surface area contributed by atoms with E-state index in [1.165, 1.54) is 35.8 Å². The Morgan fingerprint density at radius 1 is 1.15 bits per heavy atom. The van der Waals surface area contributed by atoms with Crippen LogP contribution in [0, 0.1) is 6.92 Å². The second kappa shape index (κ2) is 9.55. The molecule has 2 aromatic carbocycles. The topological polar surface area (TPSA) is 34.3 Å². The average molecular weight is 342 g/mol. The predicted octanol–water partition coefficient (Wildman–Crippen LogP) is 3.52. The minimum absolute atomic E-state index is 0.374. The molecular formula is C15H17ClNOPTi. The molecule has 20 heavy (non-hydrogen) atoms. The van der Waals surface area contributed by atoms with Gasteiger partial charge in [0.05, 0.1) is 0 Å². The summed E-state index contributed by atoms with van der Waals surface area (Å²) in [5, 5.41) is 16.4. The number of aryl methyl sites for hydroxylation is 1. The fraction of sp³-hybridized carbons (Fsp3) is 0.200. The number of benzene rings is 2. The summed E-state index contributed by atoms with van der Waals surface area (Å²) in [7, 11) is 6.94. The molecule has 0 saturated carbocycles. The molecule has 104 valence electrons. The Kier molecular flexibility index (Phi) is 8.44. The van der Waals surface area contributed by atoms with Crippen LogP contribution >= 0.6 is 17.9 Å². The van der Waals surface area contributed by atoms with Gasteiger partial charge in [-0.2, -0.15) is 7.05 Å². The van der Waals surface area contributed by atoms with Gasteiger partial charge >= 0.3 is 28.7 Å². The zero-order chi connectivity index (χ0) is 15.0. The molecule has 0 radical (unpaired) electrons. The SMILES string of the molecule is C[N-]Cc1cccc(C)c1Pc1ccccc1O.[Cl][Ti+]. The van der Waals surface area contributed by atoms with Gasteiger partial charge in [0, 0.05) is 5.30 Å². The van der Waals surface area contributed by atoms with E-state index < -0.39 is 0 Å². The standard InChI is InChI=1S/C15H17NOP.ClH.Ti/c1-11-6-5-7-12(10-16-2)15(11)18-14-9-4-3-8-13(14)17;;/h3-9,17-18H,10H2,1-2H3;1H;/q-1;;+2/p-1. The van der Waals surface area contributed by atoms with Gasteiger partial charge in [0.2, 0.25) is 0 Å². The number of rotatable bonds is 4. The number of phenols is 1. The van der Waals surface area contributed by atoms with Crippen LogP contribution in [0.2, 0.25) is 0 Å². The Balaban J connectivity index is 0.000000956. The van der Waals surface area contributed by atoms with Crippen LogP contribution < -0.4 is 10.6 Å². The van der Waals surface area contributed by atoms with Crippen LogP contribution in [0.4, 0.5) is 0 Å². The molecule has 2 rings (SSSR count). The second-order valence-electron chi connectivity index (χ2n) is 4.23. The fourth-order valence-electron chi connectivity index (χ4n) is 1.92. The number of aromatic hydroxyl groups is 1. The average Bonchev–Trinajstić information content (AvgIpc) is 2.47. The Labute approximate surface area is 138 Å². The first-order chi connectivity index (χ1) is 9.72. The maximum absolute atomic E-state index is 9.87.